The summed E-state index contributed by atoms with van der Waals surface area (Å²) in [5, 5.41) is 28.4. The molecule has 5 heteroatoms. The summed E-state index contributed by atoms with van der Waals surface area (Å²) >= 11 is 0. The van der Waals surface area contributed by atoms with Gasteiger partial charge in [-0.15, -0.1) is 0 Å². The van der Waals surface area contributed by atoms with Gasteiger partial charge in [0.15, 0.2) is 0 Å². The number of hydrogen-bond acceptors (Lipinski definition) is 4. The molecule has 0 aliphatic carbocycles. The van der Waals surface area contributed by atoms with E-state index in [1.165, 1.54) is 18.2 Å². The van der Waals surface area contributed by atoms with E-state index in [1.807, 2.05) is 11.8 Å². The maximum Gasteiger partial charge on any atom is 0.307 e. The fourth-order valence-electron chi connectivity index (χ4n) is 2.63. The summed E-state index contributed by atoms with van der Waals surface area (Å²) in [5.74, 6) is -0.887. The van der Waals surface area contributed by atoms with Crippen LogP contribution >= 0.6 is 0 Å². The van der Waals surface area contributed by atoms with Crippen molar-refractivity contribution in [2.45, 2.75) is 25.8 Å². The minimum absolute atomic E-state index is 0.103. The molecule has 1 fully saturated rings. The number of phenolic OH excluding ortho intramolecular Hbond substituents is 2. The molecule has 2 unspecified atom stereocenters. The van der Waals surface area contributed by atoms with E-state index in [4.69, 9.17) is 5.11 Å². The van der Waals surface area contributed by atoms with Crippen LogP contribution in [0.25, 0.3) is 0 Å². The Balaban J connectivity index is 2.16. The topological polar surface area (TPSA) is 81.0 Å². The van der Waals surface area contributed by atoms with E-state index in [2.05, 4.69) is 0 Å². The highest BCUT2D eigenvalue weighted by atomic mass is 16.4. The van der Waals surface area contributed by atoms with Crippen molar-refractivity contribution in [3.63, 3.8) is 0 Å². The summed E-state index contributed by atoms with van der Waals surface area (Å²) in [5.41, 5.74) is 0.631. The lowest BCUT2D eigenvalue weighted by atomic mass is 9.95. The third-order valence-corrected chi connectivity index (χ3v) is 3.81. The first kappa shape index (κ1) is 13.7. The van der Waals surface area contributed by atoms with Gasteiger partial charge in [0.25, 0.3) is 0 Å². The molecule has 0 saturated carbocycles. The normalized spacial score (nSPS) is 22.1. The van der Waals surface area contributed by atoms with Gasteiger partial charge in [0.2, 0.25) is 0 Å². The number of benzene rings is 1. The third-order valence-electron chi connectivity index (χ3n) is 3.81. The molecule has 1 aromatic rings. The maximum atomic E-state index is 11.1. The number of likely N-dealkylation sites (tertiary alicyclic amines) is 1. The molecule has 0 spiro atoms. The van der Waals surface area contributed by atoms with Crippen molar-refractivity contribution < 1.29 is 20.1 Å². The molecule has 1 aromatic carbocycles. The van der Waals surface area contributed by atoms with Crippen LogP contribution in [0.5, 0.6) is 11.5 Å². The molecule has 3 N–H and O–H groups in total. The van der Waals surface area contributed by atoms with Crippen molar-refractivity contribution in [3.05, 3.63) is 23.8 Å². The van der Waals surface area contributed by atoms with Gasteiger partial charge in [-0.3, -0.25) is 9.69 Å². The number of hydrogen-bond donors (Lipinski definition) is 3. The quantitative estimate of drug-likeness (QED) is 0.728. The van der Waals surface area contributed by atoms with Gasteiger partial charge in [-0.1, -0.05) is 0 Å². The van der Waals surface area contributed by atoms with Gasteiger partial charge < -0.3 is 15.3 Å². The van der Waals surface area contributed by atoms with Crippen LogP contribution in [-0.4, -0.2) is 39.3 Å². The van der Waals surface area contributed by atoms with Crippen LogP contribution in [0.3, 0.4) is 0 Å². The number of rotatable bonds is 3. The van der Waals surface area contributed by atoms with Gasteiger partial charge in [-0.25, -0.2) is 0 Å². The number of carboxylic acids is 1. The Morgan fingerprint density at radius 3 is 2.84 bits per heavy atom. The highest BCUT2D eigenvalue weighted by Crippen LogP contribution is 2.33. The number of carbonyl (C=O) groups is 1. The standard InChI is InChI=1S/C14H19NO4/c1-9(12-7-11(16)4-5-13(12)17)15-6-2-3-10(8-15)14(18)19/h4-5,7,9-10,16-17H,2-3,6,8H2,1H3,(H,18,19). The van der Waals surface area contributed by atoms with Crippen LogP contribution in [0.2, 0.25) is 0 Å². The van der Waals surface area contributed by atoms with Crippen molar-refractivity contribution in [2.75, 3.05) is 13.1 Å². The van der Waals surface area contributed by atoms with E-state index >= 15 is 0 Å². The Morgan fingerprint density at radius 2 is 2.16 bits per heavy atom. The zero-order chi connectivity index (χ0) is 14.0. The van der Waals surface area contributed by atoms with Crippen molar-refractivity contribution in [2.24, 2.45) is 5.92 Å². The smallest absolute Gasteiger partial charge is 0.307 e. The third kappa shape index (κ3) is 2.98. The van der Waals surface area contributed by atoms with Crippen LogP contribution in [0.1, 0.15) is 31.4 Å². The first-order valence-corrected chi connectivity index (χ1v) is 6.47. The Kier molecular flexibility index (Phi) is 3.95. The number of aliphatic carboxylic acids is 1. The SMILES string of the molecule is CC(c1cc(O)ccc1O)N1CCCC(C(=O)O)C1. The largest absolute Gasteiger partial charge is 0.508 e. The van der Waals surface area contributed by atoms with E-state index in [0.29, 0.717) is 18.5 Å². The molecule has 1 heterocycles. The lowest BCUT2D eigenvalue weighted by Gasteiger charge is -2.35. The zero-order valence-electron chi connectivity index (χ0n) is 10.9. The molecule has 19 heavy (non-hydrogen) atoms. The first-order valence-electron chi connectivity index (χ1n) is 6.47. The predicted octanol–water partition coefficient (Wildman–Crippen LogP) is 1.96. The van der Waals surface area contributed by atoms with E-state index < -0.39 is 5.97 Å². The van der Waals surface area contributed by atoms with Gasteiger partial charge >= 0.3 is 5.97 Å². The zero-order valence-corrected chi connectivity index (χ0v) is 10.9. The maximum absolute atomic E-state index is 11.1. The van der Waals surface area contributed by atoms with E-state index in [9.17, 15) is 15.0 Å². The molecular weight excluding hydrogens is 246 g/mol. The van der Waals surface area contributed by atoms with Crippen molar-refractivity contribution >= 4 is 5.97 Å². The predicted molar refractivity (Wildman–Crippen MR) is 70.1 cm³/mol. The van der Waals surface area contributed by atoms with Gasteiger partial charge in [0.05, 0.1) is 5.92 Å². The van der Waals surface area contributed by atoms with Gasteiger partial charge in [-0.2, -0.15) is 0 Å². The molecule has 2 rings (SSSR count). The van der Waals surface area contributed by atoms with Crippen LogP contribution in [0.4, 0.5) is 0 Å². The van der Waals surface area contributed by atoms with Crippen LogP contribution in [-0.2, 0) is 4.79 Å². The Labute approximate surface area is 112 Å². The molecule has 1 aliphatic heterocycles. The van der Waals surface area contributed by atoms with E-state index in [0.717, 1.165) is 13.0 Å². The lowest BCUT2D eigenvalue weighted by Crippen LogP contribution is -2.40. The van der Waals surface area contributed by atoms with Crippen LogP contribution < -0.4 is 0 Å². The summed E-state index contributed by atoms with van der Waals surface area (Å²) in [7, 11) is 0. The molecule has 5 nitrogen and oxygen atoms in total. The molecular formula is C14H19NO4. The van der Waals surface area contributed by atoms with Crippen LogP contribution in [0.15, 0.2) is 18.2 Å². The number of phenols is 2. The van der Waals surface area contributed by atoms with Gasteiger partial charge in [0, 0.05) is 18.2 Å². The summed E-state index contributed by atoms with van der Waals surface area (Å²) in [4.78, 5) is 13.1. The second-order valence-electron chi connectivity index (χ2n) is 5.09. The average Bonchev–Trinajstić information content (AvgIpc) is 2.41. The second kappa shape index (κ2) is 5.48. The summed E-state index contributed by atoms with van der Waals surface area (Å²) in [6.07, 6.45) is 1.53. The molecule has 0 amide bonds. The summed E-state index contributed by atoms with van der Waals surface area (Å²) < 4.78 is 0. The highest BCUT2D eigenvalue weighted by molar-refractivity contribution is 5.70. The molecule has 0 bridgehead atoms. The Bertz CT molecular complexity index is 475. The second-order valence-corrected chi connectivity index (χ2v) is 5.09. The molecule has 0 aromatic heterocycles. The Hall–Kier alpha value is -1.75. The molecule has 1 saturated heterocycles. The van der Waals surface area contributed by atoms with Crippen molar-refractivity contribution in [1.29, 1.82) is 0 Å². The summed E-state index contributed by atoms with van der Waals surface area (Å²) in [6.45, 7) is 3.20. The molecule has 104 valence electrons. The minimum Gasteiger partial charge on any atom is -0.508 e. The average molecular weight is 265 g/mol. The van der Waals surface area contributed by atoms with Gasteiger partial charge in [0.1, 0.15) is 11.5 Å². The number of carboxylic acid groups (broad SMARTS) is 1. The molecule has 1 aliphatic rings. The fraction of sp³-hybridized carbons (Fsp3) is 0.500. The number of aromatic hydroxyl groups is 2. The highest BCUT2D eigenvalue weighted by Gasteiger charge is 2.29. The lowest BCUT2D eigenvalue weighted by molar-refractivity contribution is -0.143. The minimum atomic E-state index is -0.767. The van der Waals surface area contributed by atoms with E-state index in [1.54, 1.807) is 0 Å². The van der Waals surface area contributed by atoms with E-state index in [-0.39, 0.29) is 23.5 Å². The molecule has 2 atom stereocenters. The monoisotopic (exact) mass is 265 g/mol. The first-order chi connectivity index (χ1) is 8.99. The van der Waals surface area contributed by atoms with Crippen molar-refractivity contribution in [1.82, 2.24) is 4.90 Å². The number of nitrogens with zero attached hydrogens (tertiary/aromatic N) is 1. The fourth-order valence-corrected chi connectivity index (χ4v) is 2.63. The van der Waals surface area contributed by atoms with Crippen LogP contribution in [0, 0.1) is 5.92 Å². The van der Waals surface area contributed by atoms with Gasteiger partial charge in [-0.05, 0) is 44.5 Å². The number of piperidine rings is 1. The van der Waals surface area contributed by atoms with Crippen molar-refractivity contribution in [3.8, 4) is 11.5 Å². The Morgan fingerprint density at radius 1 is 1.42 bits per heavy atom. The molecule has 0 radical (unpaired) electrons. The summed E-state index contributed by atoms with van der Waals surface area (Å²) in [6, 6.07) is 4.31.